The average molecular weight is 381 g/mol. The van der Waals surface area contributed by atoms with Crippen molar-refractivity contribution < 1.29 is 14.3 Å². The highest BCUT2D eigenvalue weighted by Crippen LogP contribution is 2.19. The van der Waals surface area contributed by atoms with Crippen LogP contribution in [0.4, 0.5) is 5.82 Å². The number of aromatic nitrogens is 3. The summed E-state index contributed by atoms with van der Waals surface area (Å²) >= 11 is 1.44. The first-order valence-electron chi connectivity index (χ1n) is 7.97. The van der Waals surface area contributed by atoms with Crippen LogP contribution < -0.4 is 5.32 Å². The summed E-state index contributed by atoms with van der Waals surface area (Å²) in [6, 6.07) is 11.0. The van der Waals surface area contributed by atoms with Crippen molar-refractivity contribution in [3.8, 4) is 11.8 Å². The summed E-state index contributed by atoms with van der Waals surface area (Å²) in [5, 5.41) is 18.6. The predicted molar refractivity (Wildman–Crippen MR) is 98.4 cm³/mol. The van der Waals surface area contributed by atoms with Gasteiger partial charge in [0, 0.05) is 5.38 Å². The minimum Gasteiger partial charge on any atom is -0.455 e. The number of hydrogen-bond donors (Lipinski definition) is 1. The molecule has 0 aliphatic carbocycles. The molecule has 0 aliphatic heterocycles. The maximum absolute atomic E-state index is 12.2. The SMILES string of the molecule is Cc1nc(CC(=O)OCC(=O)Nc2c(C#N)cnn2-c2ccccc2)cs1. The van der Waals surface area contributed by atoms with Crippen molar-refractivity contribution in [2.75, 3.05) is 11.9 Å². The lowest BCUT2D eigenvalue weighted by atomic mass is 10.3. The predicted octanol–water partition coefficient (Wildman–Crippen LogP) is 2.23. The highest BCUT2D eigenvalue weighted by Gasteiger charge is 2.16. The number of aryl methyl sites for hydroxylation is 1. The molecule has 0 bridgehead atoms. The van der Waals surface area contributed by atoms with Gasteiger partial charge in [-0.15, -0.1) is 11.3 Å². The van der Waals surface area contributed by atoms with E-state index in [4.69, 9.17) is 4.74 Å². The lowest BCUT2D eigenvalue weighted by Gasteiger charge is -2.10. The van der Waals surface area contributed by atoms with Gasteiger partial charge >= 0.3 is 5.97 Å². The van der Waals surface area contributed by atoms with Crippen molar-refractivity contribution in [2.45, 2.75) is 13.3 Å². The van der Waals surface area contributed by atoms with Gasteiger partial charge in [0.25, 0.3) is 5.91 Å². The maximum Gasteiger partial charge on any atom is 0.312 e. The van der Waals surface area contributed by atoms with Gasteiger partial charge in [-0.05, 0) is 19.1 Å². The standard InChI is InChI=1S/C18H15N5O3S/c1-12-21-14(11-27-12)7-17(25)26-10-16(24)22-18-13(8-19)9-20-23(18)15-5-3-2-4-6-15/h2-6,9,11H,7,10H2,1H3,(H,22,24). The van der Waals surface area contributed by atoms with E-state index < -0.39 is 18.5 Å². The van der Waals surface area contributed by atoms with E-state index in [1.54, 1.807) is 17.5 Å². The molecule has 9 heteroatoms. The lowest BCUT2D eigenvalue weighted by Crippen LogP contribution is -2.23. The zero-order valence-electron chi connectivity index (χ0n) is 14.4. The van der Waals surface area contributed by atoms with E-state index in [9.17, 15) is 14.9 Å². The molecular formula is C18H15N5O3S. The second kappa shape index (κ2) is 8.25. The molecule has 136 valence electrons. The molecule has 0 spiro atoms. The summed E-state index contributed by atoms with van der Waals surface area (Å²) in [6.07, 6.45) is 1.36. The van der Waals surface area contributed by atoms with Crippen molar-refractivity contribution >= 4 is 29.0 Å². The van der Waals surface area contributed by atoms with Gasteiger partial charge in [-0.2, -0.15) is 10.4 Å². The summed E-state index contributed by atoms with van der Waals surface area (Å²) in [5.41, 5.74) is 1.50. The number of carbonyl (C=O) groups is 2. The third-order valence-corrected chi connectivity index (χ3v) is 4.33. The molecule has 1 N–H and O–H groups in total. The van der Waals surface area contributed by atoms with Crippen LogP contribution >= 0.6 is 11.3 Å². The Morgan fingerprint density at radius 1 is 1.33 bits per heavy atom. The Morgan fingerprint density at radius 2 is 2.11 bits per heavy atom. The number of hydrogen-bond acceptors (Lipinski definition) is 7. The van der Waals surface area contributed by atoms with Crippen LogP contribution in [0.1, 0.15) is 16.3 Å². The molecule has 0 saturated heterocycles. The number of amides is 1. The smallest absolute Gasteiger partial charge is 0.312 e. The molecule has 3 aromatic rings. The number of nitrogens with one attached hydrogen (secondary N) is 1. The van der Waals surface area contributed by atoms with Crippen molar-refractivity contribution in [3.63, 3.8) is 0 Å². The van der Waals surface area contributed by atoms with Crippen LogP contribution in [0.15, 0.2) is 41.9 Å². The summed E-state index contributed by atoms with van der Waals surface area (Å²) in [4.78, 5) is 28.2. The molecule has 0 aliphatic rings. The minimum atomic E-state index is -0.563. The zero-order chi connectivity index (χ0) is 19.2. The highest BCUT2D eigenvalue weighted by molar-refractivity contribution is 7.09. The lowest BCUT2D eigenvalue weighted by molar-refractivity contribution is -0.146. The Hall–Kier alpha value is -3.51. The first kappa shape index (κ1) is 18.3. The van der Waals surface area contributed by atoms with Crippen LogP contribution in [0.25, 0.3) is 5.69 Å². The van der Waals surface area contributed by atoms with Gasteiger partial charge < -0.3 is 10.1 Å². The molecule has 0 unspecified atom stereocenters. The fourth-order valence-corrected chi connectivity index (χ4v) is 2.93. The quantitative estimate of drug-likeness (QED) is 0.656. The van der Waals surface area contributed by atoms with Crippen molar-refractivity contribution in [2.24, 2.45) is 0 Å². The second-order valence-electron chi connectivity index (χ2n) is 5.51. The van der Waals surface area contributed by atoms with Crippen LogP contribution in [-0.2, 0) is 20.7 Å². The number of nitriles is 1. The third kappa shape index (κ3) is 4.56. The van der Waals surface area contributed by atoms with Crippen molar-refractivity contribution in [3.05, 3.63) is 58.2 Å². The van der Waals surface area contributed by atoms with E-state index in [1.165, 1.54) is 22.2 Å². The van der Waals surface area contributed by atoms with Gasteiger partial charge in [0.1, 0.15) is 11.6 Å². The fraction of sp³-hybridized carbons (Fsp3) is 0.167. The number of benzene rings is 1. The van der Waals surface area contributed by atoms with E-state index in [1.807, 2.05) is 31.2 Å². The molecule has 0 atom stereocenters. The summed E-state index contributed by atoms with van der Waals surface area (Å²) in [5.74, 6) is -0.889. The second-order valence-corrected chi connectivity index (χ2v) is 6.57. The van der Waals surface area contributed by atoms with Crippen molar-refractivity contribution in [1.82, 2.24) is 14.8 Å². The Morgan fingerprint density at radius 3 is 2.78 bits per heavy atom. The average Bonchev–Trinajstić information content (AvgIpc) is 3.26. The third-order valence-electron chi connectivity index (χ3n) is 3.50. The van der Waals surface area contributed by atoms with Crippen LogP contribution in [0, 0.1) is 18.3 Å². The number of esters is 1. The zero-order valence-corrected chi connectivity index (χ0v) is 15.2. The molecule has 27 heavy (non-hydrogen) atoms. The Balaban J connectivity index is 1.63. The van der Waals surface area contributed by atoms with E-state index in [-0.39, 0.29) is 17.8 Å². The normalized spacial score (nSPS) is 10.2. The van der Waals surface area contributed by atoms with Crippen molar-refractivity contribution in [1.29, 1.82) is 5.26 Å². The topological polar surface area (TPSA) is 110 Å². The van der Waals surface area contributed by atoms with E-state index in [0.717, 1.165) is 5.01 Å². The minimum absolute atomic E-state index is 0.00299. The molecule has 3 rings (SSSR count). The van der Waals surface area contributed by atoms with Gasteiger partial charge in [-0.1, -0.05) is 18.2 Å². The monoisotopic (exact) mass is 381 g/mol. The summed E-state index contributed by atoms with van der Waals surface area (Å²) in [6.45, 7) is 1.38. The van der Waals surface area contributed by atoms with Gasteiger partial charge in [-0.3, -0.25) is 9.59 Å². The number of ether oxygens (including phenoxy) is 1. The largest absolute Gasteiger partial charge is 0.455 e. The molecular weight excluding hydrogens is 366 g/mol. The number of anilines is 1. The molecule has 8 nitrogen and oxygen atoms in total. The van der Waals surface area contributed by atoms with E-state index in [2.05, 4.69) is 15.4 Å². The molecule has 1 amide bonds. The Kier molecular flexibility index (Phi) is 5.58. The fourth-order valence-electron chi connectivity index (χ4n) is 2.32. The van der Waals surface area contributed by atoms with Crippen LogP contribution in [0.2, 0.25) is 0 Å². The number of nitrogens with zero attached hydrogens (tertiary/aromatic N) is 4. The van der Waals surface area contributed by atoms with Crippen LogP contribution in [0.3, 0.4) is 0 Å². The van der Waals surface area contributed by atoms with Crippen LogP contribution in [-0.4, -0.2) is 33.2 Å². The van der Waals surface area contributed by atoms with E-state index >= 15 is 0 Å². The van der Waals surface area contributed by atoms with Crippen LogP contribution in [0.5, 0.6) is 0 Å². The first-order valence-corrected chi connectivity index (χ1v) is 8.85. The molecule has 0 radical (unpaired) electrons. The van der Waals surface area contributed by atoms with Gasteiger partial charge in [0.05, 0.1) is 29.0 Å². The van der Waals surface area contributed by atoms with Gasteiger partial charge in [0.15, 0.2) is 12.4 Å². The maximum atomic E-state index is 12.2. The number of para-hydroxylation sites is 1. The highest BCUT2D eigenvalue weighted by atomic mass is 32.1. The number of carbonyl (C=O) groups excluding carboxylic acids is 2. The molecule has 1 aromatic carbocycles. The molecule has 2 aromatic heterocycles. The Labute approximate surface area is 159 Å². The number of rotatable bonds is 6. The summed E-state index contributed by atoms with van der Waals surface area (Å²) < 4.78 is 6.43. The van der Waals surface area contributed by atoms with Gasteiger partial charge in [-0.25, -0.2) is 9.67 Å². The van der Waals surface area contributed by atoms with Gasteiger partial charge in [0.2, 0.25) is 0 Å². The molecule has 2 heterocycles. The summed E-state index contributed by atoms with van der Waals surface area (Å²) in [7, 11) is 0. The molecule has 0 saturated carbocycles. The number of thiazole rings is 1. The Bertz CT molecular complexity index is 1000. The molecule has 0 fully saturated rings. The first-order chi connectivity index (χ1) is 13.1. The van der Waals surface area contributed by atoms with E-state index in [0.29, 0.717) is 11.4 Å².